The number of hydrogen-bond acceptors (Lipinski definition) is 4. The van der Waals surface area contributed by atoms with Gasteiger partial charge in [-0.25, -0.2) is 0 Å². The number of rotatable bonds is 4. The van der Waals surface area contributed by atoms with Gasteiger partial charge in [-0.2, -0.15) is 0 Å². The van der Waals surface area contributed by atoms with Gasteiger partial charge in [-0.3, -0.25) is 0 Å². The molecule has 0 spiro atoms. The fourth-order valence-electron chi connectivity index (χ4n) is 7.33. The van der Waals surface area contributed by atoms with Crippen LogP contribution in [0.3, 0.4) is 0 Å². The molecule has 0 saturated heterocycles. The van der Waals surface area contributed by atoms with Crippen LogP contribution < -0.4 is 9.64 Å². The predicted octanol–water partition coefficient (Wildman–Crippen LogP) is 12.2. The molecule has 8 aromatic rings. The molecule has 0 bridgehead atoms. The van der Waals surface area contributed by atoms with Crippen LogP contribution in [-0.2, 0) is 0 Å². The molecule has 10 rings (SSSR count). The molecule has 0 fully saturated rings. The number of fused-ring (bicyclic) bond motifs is 10. The molecule has 2 aromatic heterocycles. The van der Waals surface area contributed by atoms with E-state index in [4.69, 9.17) is 4.74 Å². The lowest BCUT2D eigenvalue weighted by atomic mass is 9.85. The Hall–Kier alpha value is -5.16. The summed E-state index contributed by atoms with van der Waals surface area (Å²) in [6.45, 7) is 0. The van der Waals surface area contributed by atoms with Crippen molar-refractivity contribution in [2.75, 3.05) is 4.90 Å². The van der Waals surface area contributed by atoms with Gasteiger partial charge in [0.15, 0.2) is 0 Å². The van der Waals surface area contributed by atoms with Crippen molar-refractivity contribution in [2.24, 2.45) is 0 Å². The molecular weight excluding hydrogens is 599 g/mol. The highest BCUT2D eigenvalue weighted by molar-refractivity contribution is 7.28. The van der Waals surface area contributed by atoms with Crippen LogP contribution in [0.15, 0.2) is 157 Å². The van der Waals surface area contributed by atoms with Gasteiger partial charge in [0.2, 0.25) is 0 Å². The number of hydrogen-bond donors (Lipinski definition) is 0. The van der Waals surface area contributed by atoms with Crippen molar-refractivity contribution in [3.8, 4) is 16.2 Å². The van der Waals surface area contributed by atoms with Crippen LogP contribution in [0.4, 0.5) is 11.4 Å². The molecule has 0 saturated carbocycles. The van der Waals surface area contributed by atoms with Gasteiger partial charge in [-0.1, -0.05) is 97.1 Å². The highest BCUT2D eigenvalue weighted by atomic mass is 32.1. The molecule has 0 radical (unpaired) electrons. The lowest BCUT2D eigenvalue weighted by Crippen LogP contribution is -2.24. The van der Waals surface area contributed by atoms with Crippen molar-refractivity contribution < 1.29 is 4.74 Å². The van der Waals surface area contributed by atoms with Crippen molar-refractivity contribution in [3.05, 3.63) is 162 Å². The molecule has 2 atom stereocenters. The molecule has 1 aliphatic carbocycles. The molecule has 4 heteroatoms. The number of thiophene rings is 2. The van der Waals surface area contributed by atoms with E-state index in [1.807, 2.05) is 22.7 Å². The third kappa shape index (κ3) is 4.00. The second-order valence-corrected chi connectivity index (χ2v) is 14.1. The monoisotopic (exact) mass is 625 g/mol. The van der Waals surface area contributed by atoms with E-state index in [0.29, 0.717) is 0 Å². The Morgan fingerprint density at radius 1 is 0.609 bits per heavy atom. The Balaban J connectivity index is 1.09. The first-order valence-corrected chi connectivity index (χ1v) is 17.3. The highest BCUT2D eigenvalue weighted by Gasteiger charge is 2.37. The second-order valence-electron chi connectivity index (χ2n) is 12.1. The smallest absolute Gasteiger partial charge is 0.132 e. The van der Waals surface area contributed by atoms with Crippen LogP contribution in [0.1, 0.15) is 11.5 Å². The zero-order valence-corrected chi connectivity index (χ0v) is 26.4. The number of benzene rings is 6. The first-order valence-electron chi connectivity index (χ1n) is 15.6. The summed E-state index contributed by atoms with van der Waals surface area (Å²) in [5.74, 6) is 1.17. The fraction of sp³-hybridized carbons (Fsp3) is 0.0476. The summed E-state index contributed by atoms with van der Waals surface area (Å²) in [5.41, 5.74) is 5.91. The Morgan fingerprint density at radius 3 is 2.15 bits per heavy atom. The van der Waals surface area contributed by atoms with Crippen LogP contribution in [0.5, 0.6) is 5.75 Å². The van der Waals surface area contributed by atoms with E-state index in [1.165, 1.54) is 57.7 Å². The molecule has 6 aromatic carbocycles. The SMILES string of the molecule is C1=CC2c3c(c4ccccc4c4ccccc34)OC2C=C1N(c1ccc(-c2cc3sccc3s2)cc1)c1ccc2ccccc2c1. The third-order valence-corrected chi connectivity index (χ3v) is 11.6. The van der Waals surface area contributed by atoms with E-state index in [1.54, 1.807) is 0 Å². The first-order chi connectivity index (χ1) is 22.8. The van der Waals surface area contributed by atoms with Gasteiger partial charge in [-0.05, 0) is 86.4 Å². The van der Waals surface area contributed by atoms with Crippen LogP contribution in [0.25, 0.3) is 52.2 Å². The minimum Gasteiger partial charge on any atom is -0.484 e. The van der Waals surface area contributed by atoms with Gasteiger partial charge in [0.25, 0.3) is 0 Å². The summed E-state index contributed by atoms with van der Waals surface area (Å²) in [7, 11) is 0. The molecule has 218 valence electrons. The zero-order valence-electron chi connectivity index (χ0n) is 24.8. The number of ether oxygens (including phenoxy) is 1. The highest BCUT2D eigenvalue weighted by Crippen LogP contribution is 2.51. The predicted molar refractivity (Wildman–Crippen MR) is 197 cm³/mol. The van der Waals surface area contributed by atoms with Crippen molar-refractivity contribution in [1.82, 2.24) is 0 Å². The summed E-state index contributed by atoms with van der Waals surface area (Å²) in [6.07, 6.45) is 6.88. The summed E-state index contributed by atoms with van der Waals surface area (Å²) in [5, 5.41) is 9.62. The molecule has 2 unspecified atom stereocenters. The fourth-order valence-corrected chi connectivity index (χ4v) is 9.45. The van der Waals surface area contributed by atoms with Gasteiger partial charge in [0.1, 0.15) is 11.9 Å². The minimum atomic E-state index is -0.0921. The lowest BCUT2D eigenvalue weighted by Gasteiger charge is -2.30. The van der Waals surface area contributed by atoms with Gasteiger partial charge in [0.05, 0.1) is 0 Å². The first kappa shape index (κ1) is 26.1. The average Bonchev–Trinajstić information content (AvgIpc) is 3.83. The molecule has 2 aliphatic rings. The van der Waals surface area contributed by atoms with Crippen molar-refractivity contribution >= 4 is 75.8 Å². The molecule has 1 aliphatic heterocycles. The third-order valence-electron chi connectivity index (χ3n) is 9.47. The molecule has 3 heterocycles. The molecular formula is C42H27NOS2. The lowest BCUT2D eigenvalue weighted by molar-refractivity contribution is 0.270. The molecule has 46 heavy (non-hydrogen) atoms. The van der Waals surface area contributed by atoms with Gasteiger partial charge in [-0.15, -0.1) is 22.7 Å². The largest absolute Gasteiger partial charge is 0.484 e. The summed E-state index contributed by atoms with van der Waals surface area (Å²) in [6, 6.07) is 46.3. The van der Waals surface area contributed by atoms with E-state index in [2.05, 4.69) is 156 Å². The quantitative estimate of drug-likeness (QED) is 0.180. The van der Waals surface area contributed by atoms with Crippen molar-refractivity contribution in [2.45, 2.75) is 12.0 Å². The maximum Gasteiger partial charge on any atom is 0.132 e. The number of anilines is 2. The average molecular weight is 626 g/mol. The Morgan fingerprint density at radius 2 is 1.33 bits per heavy atom. The Kier molecular flexibility index (Phi) is 5.77. The van der Waals surface area contributed by atoms with Crippen molar-refractivity contribution in [3.63, 3.8) is 0 Å². The second kappa shape index (κ2) is 10.2. The van der Waals surface area contributed by atoms with Crippen LogP contribution in [0.2, 0.25) is 0 Å². The van der Waals surface area contributed by atoms with Crippen LogP contribution in [0, 0.1) is 0 Å². The van der Waals surface area contributed by atoms with E-state index in [0.717, 1.165) is 22.8 Å². The Bertz CT molecular complexity index is 2510. The normalized spacial score (nSPS) is 16.9. The summed E-state index contributed by atoms with van der Waals surface area (Å²) >= 11 is 3.67. The topological polar surface area (TPSA) is 12.5 Å². The van der Waals surface area contributed by atoms with Gasteiger partial charge >= 0.3 is 0 Å². The summed E-state index contributed by atoms with van der Waals surface area (Å²) in [4.78, 5) is 3.68. The maximum absolute atomic E-state index is 6.90. The van der Waals surface area contributed by atoms with E-state index in [9.17, 15) is 0 Å². The Labute approximate surface area is 274 Å². The minimum absolute atomic E-state index is 0.0921. The molecule has 2 nitrogen and oxygen atoms in total. The van der Waals surface area contributed by atoms with Crippen LogP contribution >= 0.6 is 22.7 Å². The van der Waals surface area contributed by atoms with E-state index in [-0.39, 0.29) is 12.0 Å². The number of allylic oxidation sites excluding steroid dienone is 1. The maximum atomic E-state index is 6.90. The molecule has 0 N–H and O–H groups in total. The summed E-state index contributed by atoms with van der Waals surface area (Å²) < 4.78 is 9.61. The zero-order chi connectivity index (χ0) is 30.2. The van der Waals surface area contributed by atoms with E-state index < -0.39 is 0 Å². The van der Waals surface area contributed by atoms with Gasteiger partial charge < -0.3 is 9.64 Å². The van der Waals surface area contributed by atoms with Crippen molar-refractivity contribution in [1.29, 1.82) is 0 Å². The molecule has 0 amide bonds. The standard InChI is InChI=1S/C42H27NOS2/c1-2-8-28-23-30(18-13-26(28)7-1)43(29-16-14-27(15-17-29)39-25-40-38(46-39)21-22-45-40)31-19-20-36-37(24-31)44-42-35-12-6-4-10-33(35)32-9-3-5-11-34(32)41(36)42/h1-25,36-37H. The van der Waals surface area contributed by atoms with Gasteiger partial charge in [0, 0.05) is 48.2 Å². The number of nitrogens with zero attached hydrogens (tertiary/aromatic N) is 1. The van der Waals surface area contributed by atoms with E-state index >= 15 is 0 Å². The van der Waals surface area contributed by atoms with Crippen LogP contribution in [-0.4, -0.2) is 6.10 Å².